The monoisotopic (exact) mass is 188 g/mol. The lowest BCUT2D eigenvalue weighted by atomic mass is 9.83. The molecule has 1 N–H and O–H groups in total. The van der Waals surface area contributed by atoms with E-state index in [1.807, 2.05) is 0 Å². The highest BCUT2D eigenvalue weighted by atomic mass is 14.6. The first-order chi connectivity index (χ1) is 6.84. The van der Waals surface area contributed by atoms with Crippen LogP contribution in [0.1, 0.15) is 31.2 Å². The first-order valence-electron chi connectivity index (χ1n) is 5.59. The molecule has 2 rings (SSSR count). The molecular formula is C13H18N. The second kappa shape index (κ2) is 4.61. The van der Waals surface area contributed by atoms with Crippen LogP contribution < -0.4 is 5.73 Å². The van der Waals surface area contributed by atoms with E-state index in [4.69, 9.17) is 5.73 Å². The molecule has 75 valence electrons. The Morgan fingerprint density at radius 2 is 1.64 bits per heavy atom. The van der Waals surface area contributed by atoms with E-state index >= 15 is 0 Å². The van der Waals surface area contributed by atoms with E-state index in [9.17, 15) is 0 Å². The molecule has 0 atom stereocenters. The highest BCUT2D eigenvalue weighted by molar-refractivity contribution is 5.15. The SMILES string of the molecule is [NH][C@H]1CC[C@@H](Cc2ccccc2)CC1. The van der Waals surface area contributed by atoms with E-state index in [0.717, 1.165) is 18.8 Å². The number of hydrogen-bond acceptors (Lipinski definition) is 0. The van der Waals surface area contributed by atoms with Gasteiger partial charge in [0.1, 0.15) is 0 Å². The van der Waals surface area contributed by atoms with Crippen molar-refractivity contribution in [3.63, 3.8) is 0 Å². The molecule has 0 spiro atoms. The Bertz CT molecular complexity index is 260. The van der Waals surface area contributed by atoms with Crippen LogP contribution in [-0.2, 0) is 6.42 Å². The molecule has 1 radical (unpaired) electrons. The van der Waals surface area contributed by atoms with Crippen molar-refractivity contribution in [2.45, 2.75) is 38.1 Å². The van der Waals surface area contributed by atoms with Gasteiger partial charge in [-0.15, -0.1) is 0 Å². The van der Waals surface area contributed by atoms with Crippen LogP contribution in [0.3, 0.4) is 0 Å². The molecular weight excluding hydrogens is 170 g/mol. The van der Waals surface area contributed by atoms with Gasteiger partial charge in [0.2, 0.25) is 0 Å². The lowest BCUT2D eigenvalue weighted by Gasteiger charge is -2.25. The minimum atomic E-state index is 0.224. The smallest absolute Gasteiger partial charge is 0.0213 e. The van der Waals surface area contributed by atoms with E-state index in [0.29, 0.717) is 0 Å². The topological polar surface area (TPSA) is 23.8 Å². The lowest BCUT2D eigenvalue weighted by molar-refractivity contribution is 0.320. The van der Waals surface area contributed by atoms with Gasteiger partial charge in [-0.25, -0.2) is 0 Å². The second-order valence-electron chi connectivity index (χ2n) is 4.41. The van der Waals surface area contributed by atoms with Crippen molar-refractivity contribution in [1.29, 1.82) is 0 Å². The van der Waals surface area contributed by atoms with Gasteiger partial charge < -0.3 is 0 Å². The molecule has 1 aromatic carbocycles. The Morgan fingerprint density at radius 1 is 1.00 bits per heavy atom. The number of hydrogen-bond donors (Lipinski definition) is 0. The summed E-state index contributed by atoms with van der Waals surface area (Å²) in [5.74, 6) is 0.832. The largest absolute Gasteiger partial charge is 0.255 e. The average molecular weight is 188 g/mol. The van der Waals surface area contributed by atoms with E-state index < -0.39 is 0 Å². The highest BCUT2D eigenvalue weighted by Crippen LogP contribution is 2.26. The molecule has 1 nitrogen and oxygen atoms in total. The highest BCUT2D eigenvalue weighted by Gasteiger charge is 2.18. The van der Waals surface area contributed by atoms with Crippen LogP contribution >= 0.6 is 0 Å². The van der Waals surface area contributed by atoms with Crippen molar-refractivity contribution in [3.8, 4) is 0 Å². The van der Waals surface area contributed by atoms with Crippen LogP contribution in [0, 0.1) is 5.92 Å². The van der Waals surface area contributed by atoms with Gasteiger partial charge in [-0.2, -0.15) is 0 Å². The van der Waals surface area contributed by atoms with Gasteiger partial charge >= 0.3 is 0 Å². The average Bonchev–Trinajstić information content (AvgIpc) is 2.23. The van der Waals surface area contributed by atoms with Crippen molar-refractivity contribution in [2.75, 3.05) is 0 Å². The summed E-state index contributed by atoms with van der Waals surface area (Å²) in [5.41, 5.74) is 9.10. The third-order valence-corrected chi connectivity index (χ3v) is 3.21. The molecule has 1 fully saturated rings. The number of benzene rings is 1. The summed E-state index contributed by atoms with van der Waals surface area (Å²) in [6.45, 7) is 0. The van der Waals surface area contributed by atoms with Crippen molar-refractivity contribution >= 4 is 0 Å². The molecule has 1 saturated carbocycles. The minimum Gasteiger partial charge on any atom is -0.255 e. The van der Waals surface area contributed by atoms with Crippen LogP contribution in [0.25, 0.3) is 0 Å². The van der Waals surface area contributed by atoms with Crippen LogP contribution in [0.2, 0.25) is 0 Å². The Kier molecular flexibility index (Phi) is 3.20. The van der Waals surface area contributed by atoms with E-state index in [1.54, 1.807) is 0 Å². The summed E-state index contributed by atoms with van der Waals surface area (Å²) in [6, 6.07) is 11.0. The van der Waals surface area contributed by atoms with Crippen LogP contribution in [0.5, 0.6) is 0 Å². The van der Waals surface area contributed by atoms with Gasteiger partial charge in [-0.1, -0.05) is 30.3 Å². The molecule has 1 aromatic rings. The summed E-state index contributed by atoms with van der Waals surface area (Å²) in [6.07, 6.45) is 5.94. The maximum atomic E-state index is 7.64. The predicted molar refractivity (Wildman–Crippen MR) is 59.0 cm³/mol. The fraction of sp³-hybridized carbons (Fsp3) is 0.538. The predicted octanol–water partition coefficient (Wildman–Crippen LogP) is 3.07. The maximum absolute atomic E-state index is 7.64. The Hall–Kier alpha value is -0.820. The maximum Gasteiger partial charge on any atom is 0.0213 e. The molecule has 0 heterocycles. The fourth-order valence-corrected chi connectivity index (χ4v) is 2.31. The summed E-state index contributed by atoms with van der Waals surface area (Å²) < 4.78 is 0. The summed E-state index contributed by atoms with van der Waals surface area (Å²) in [7, 11) is 0. The van der Waals surface area contributed by atoms with Crippen molar-refractivity contribution in [1.82, 2.24) is 5.73 Å². The number of rotatable bonds is 2. The zero-order valence-electron chi connectivity index (χ0n) is 8.58. The van der Waals surface area contributed by atoms with E-state index in [2.05, 4.69) is 30.3 Å². The molecule has 1 aliphatic carbocycles. The zero-order chi connectivity index (χ0) is 9.80. The fourth-order valence-electron chi connectivity index (χ4n) is 2.31. The Labute approximate surface area is 86.3 Å². The van der Waals surface area contributed by atoms with E-state index in [1.165, 1.54) is 24.8 Å². The molecule has 0 aromatic heterocycles. The standard InChI is InChI=1S/C13H18N/c14-13-8-6-12(7-9-13)10-11-4-2-1-3-5-11/h1-5,12-14H,6-10H2/t12-,13+. The molecule has 14 heavy (non-hydrogen) atoms. The van der Waals surface area contributed by atoms with Crippen molar-refractivity contribution in [2.24, 2.45) is 5.92 Å². The summed E-state index contributed by atoms with van der Waals surface area (Å²) in [4.78, 5) is 0. The van der Waals surface area contributed by atoms with Gasteiger partial charge in [0.15, 0.2) is 0 Å². The lowest BCUT2D eigenvalue weighted by Crippen LogP contribution is -2.20. The van der Waals surface area contributed by atoms with Gasteiger partial charge in [0.25, 0.3) is 0 Å². The second-order valence-corrected chi connectivity index (χ2v) is 4.41. The zero-order valence-corrected chi connectivity index (χ0v) is 8.58. The molecule has 0 amide bonds. The summed E-state index contributed by atoms with van der Waals surface area (Å²) in [5, 5.41) is 0. The Morgan fingerprint density at radius 3 is 2.29 bits per heavy atom. The molecule has 0 saturated heterocycles. The third-order valence-electron chi connectivity index (χ3n) is 3.21. The minimum absolute atomic E-state index is 0.224. The van der Waals surface area contributed by atoms with Crippen molar-refractivity contribution < 1.29 is 0 Å². The third kappa shape index (κ3) is 2.58. The summed E-state index contributed by atoms with van der Waals surface area (Å²) >= 11 is 0. The van der Waals surface area contributed by atoms with Gasteiger partial charge in [0, 0.05) is 6.04 Å². The molecule has 0 bridgehead atoms. The van der Waals surface area contributed by atoms with E-state index in [-0.39, 0.29) is 6.04 Å². The molecule has 1 aliphatic rings. The van der Waals surface area contributed by atoms with Gasteiger partial charge in [-0.3, -0.25) is 5.73 Å². The normalized spacial score (nSPS) is 27.5. The van der Waals surface area contributed by atoms with Crippen LogP contribution in [0.15, 0.2) is 30.3 Å². The first kappa shape index (κ1) is 9.72. The quantitative estimate of drug-likeness (QED) is 0.681. The molecule has 0 unspecified atom stereocenters. The van der Waals surface area contributed by atoms with Crippen LogP contribution in [0.4, 0.5) is 0 Å². The number of nitrogens with one attached hydrogen (secondary N) is 1. The Balaban J connectivity index is 1.87. The first-order valence-corrected chi connectivity index (χ1v) is 5.59. The van der Waals surface area contributed by atoms with Crippen molar-refractivity contribution in [3.05, 3.63) is 35.9 Å². The van der Waals surface area contributed by atoms with Gasteiger partial charge in [-0.05, 0) is 43.6 Å². The molecule has 0 aliphatic heterocycles. The van der Waals surface area contributed by atoms with Crippen LogP contribution in [-0.4, -0.2) is 6.04 Å². The van der Waals surface area contributed by atoms with Gasteiger partial charge in [0.05, 0.1) is 0 Å². The molecule has 1 heteroatoms.